The molecule has 1 atom stereocenters. The molecule has 7 heteroatoms. The number of nitrogens with one attached hydrogen (secondary N) is 1. The Bertz CT molecular complexity index is 1030. The van der Waals surface area contributed by atoms with Gasteiger partial charge in [-0.3, -0.25) is 14.9 Å². The number of carbonyl (C=O) groups excluding carboxylic acids is 2. The fraction of sp³-hybridized carbons (Fsp3) is 0.318. The van der Waals surface area contributed by atoms with Crippen LogP contribution in [0.5, 0.6) is 0 Å². The van der Waals surface area contributed by atoms with Gasteiger partial charge in [0, 0.05) is 24.4 Å². The van der Waals surface area contributed by atoms with Gasteiger partial charge in [-0.15, -0.1) is 0 Å². The van der Waals surface area contributed by atoms with Gasteiger partial charge in [-0.1, -0.05) is 50.2 Å². The molecule has 0 radical (unpaired) electrons. The minimum Gasteiger partial charge on any atom is -0.459 e. The van der Waals surface area contributed by atoms with Crippen LogP contribution in [0.15, 0.2) is 57.7 Å². The van der Waals surface area contributed by atoms with Crippen molar-refractivity contribution in [3.63, 3.8) is 0 Å². The minimum absolute atomic E-state index is 0.197. The Kier molecular flexibility index (Phi) is 4.74. The number of furan rings is 1. The summed E-state index contributed by atoms with van der Waals surface area (Å²) in [6.45, 7) is 6.37. The van der Waals surface area contributed by atoms with Crippen LogP contribution in [0.3, 0.4) is 0 Å². The summed E-state index contributed by atoms with van der Waals surface area (Å²) in [6.07, 6.45) is 1.86. The van der Waals surface area contributed by atoms with E-state index < -0.39 is 6.04 Å². The van der Waals surface area contributed by atoms with E-state index in [1.807, 2.05) is 45.0 Å². The fourth-order valence-electron chi connectivity index (χ4n) is 3.40. The average molecular weight is 393 g/mol. The molecule has 1 aromatic carbocycles. The summed E-state index contributed by atoms with van der Waals surface area (Å²) < 4.78 is 10.6. The third kappa shape index (κ3) is 3.81. The molecule has 0 spiro atoms. The largest absolute Gasteiger partial charge is 0.459 e. The standard InChI is InChI=1S/C22H23N3O4/c1-22(2,3)18-12-19(29-24-18)23-20(26)16-11-14-7-4-5-8-15(14)13-25(16)21(27)17-9-6-10-28-17/h4-10,12,16H,11,13H2,1-3H3,(H,23,26). The molecule has 150 valence electrons. The second-order valence-corrected chi connectivity index (χ2v) is 8.21. The molecule has 0 saturated heterocycles. The van der Waals surface area contributed by atoms with Crippen molar-refractivity contribution in [2.75, 3.05) is 5.32 Å². The normalized spacial score (nSPS) is 16.4. The van der Waals surface area contributed by atoms with Crippen molar-refractivity contribution in [1.29, 1.82) is 0 Å². The molecular weight excluding hydrogens is 370 g/mol. The quantitative estimate of drug-likeness (QED) is 0.732. The molecule has 1 N–H and O–H groups in total. The zero-order valence-corrected chi connectivity index (χ0v) is 16.6. The maximum atomic E-state index is 13.1. The van der Waals surface area contributed by atoms with Gasteiger partial charge < -0.3 is 13.8 Å². The smallest absolute Gasteiger partial charge is 0.290 e. The SMILES string of the molecule is CC(C)(C)c1cc(NC(=O)C2Cc3ccccc3CN2C(=O)c2ccco2)on1. The molecule has 1 unspecified atom stereocenters. The molecule has 0 bridgehead atoms. The molecule has 3 heterocycles. The first-order valence-corrected chi connectivity index (χ1v) is 9.52. The summed E-state index contributed by atoms with van der Waals surface area (Å²) in [7, 11) is 0. The lowest BCUT2D eigenvalue weighted by atomic mass is 9.92. The first kappa shape index (κ1) is 19.0. The van der Waals surface area contributed by atoms with Crippen molar-refractivity contribution in [1.82, 2.24) is 10.1 Å². The highest BCUT2D eigenvalue weighted by molar-refractivity contribution is 6.00. The summed E-state index contributed by atoms with van der Waals surface area (Å²) >= 11 is 0. The third-order valence-electron chi connectivity index (χ3n) is 5.07. The third-order valence-corrected chi connectivity index (χ3v) is 5.07. The molecule has 7 nitrogen and oxygen atoms in total. The number of fused-ring (bicyclic) bond motifs is 1. The van der Waals surface area contributed by atoms with E-state index >= 15 is 0 Å². The van der Waals surface area contributed by atoms with Gasteiger partial charge in [-0.2, -0.15) is 0 Å². The molecule has 0 saturated carbocycles. The van der Waals surface area contributed by atoms with E-state index in [0.717, 1.165) is 16.8 Å². The number of amides is 2. The lowest BCUT2D eigenvalue weighted by Gasteiger charge is -2.35. The molecule has 0 fully saturated rings. The Hall–Kier alpha value is -3.35. The first-order valence-electron chi connectivity index (χ1n) is 9.52. The predicted molar refractivity (Wildman–Crippen MR) is 106 cm³/mol. The van der Waals surface area contributed by atoms with E-state index in [9.17, 15) is 9.59 Å². The number of hydrogen-bond donors (Lipinski definition) is 1. The van der Waals surface area contributed by atoms with E-state index in [1.54, 1.807) is 18.2 Å². The summed E-state index contributed by atoms with van der Waals surface area (Å²) in [5.74, 6) is -0.172. The fourth-order valence-corrected chi connectivity index (χ4v) is 3.40. The number of carbonyl (C=O) groups is 2. The molecular formula is C22H23N3O4. The first-order chi connectivity index (χ1) is 13.8. The van der Waals surface area contributed by atoms with E-state index in [0.29, 0.717) is 13.0 Å². The number of benzene rings is 1. The van der Waals surface area contributed by atoms with Gasteiger partial charge >= 0.3 is 0 Å². The van der Waals surface area contributed by atoms with Crippen LogP contribution in [0.4, 0.5) is 5.88 Å². The monoisotopic (exact) mass is 393 g/mol. The number of nitrogens with zero attached hydrogens (tertiary/aromatic N) is 2. The summed E-state index contributed by atoms with van der Waals surface area (Å²) in [4.78, 5) is 27.6. The Labute approximate surface area is 168 Å². The molecule has 1 aliphatic heterocycles. The van der Waals surface area contributed by atoms with Crippen molar-refractivity contribution in [2.24, 2.45) is 0 Å². The Morgan fingerprint density at radius 1 is 1.14 bits per heavy atom. The van der Waals surface area contributed by atoms with Gasteiger partial charge in [0.1, 0.15) is 6.04 Å². The van der Waals surface area contributed by atoms with Crippen LogP contribution in [0.1, 0.15) is 48.1 Å². The second kappa shape index (κ2) is 7.24. The van der Waals surface area contributed by atoms with Crippen LogP contribution in [0.2, 0.25) is 0 Å². The lowest BCUT2D eigenvalue weighted by molar-refractivity contribution is -0.121. The molecule has 0 aliphatic carbocycles. The van der Waals surface area contributed by atoms with Crippen molar-refractivity contribution in [3.05, 3.63) is 71.3 Å². The molecule has 2 amide bonds. The minimum atomic E-state index is -0.689. The average Bonchev–Trinajstić information content (AvgIpc) is 3.38. The van der Waals surface area contributed by atoms with Crippen LogP contribution >= 0.6 is 0 Å². The molecule has 2 aromatic heterocycles. The van der Waals surface area contributed by atoms with E-state index in [-0.39, 0.29) is 28.9 Å². The van der Waals surface area contributed by atoms with Crippen LogP contribution in [-0.2, 0) is 23.2 Å². The second-order valence-electron chi connectivity index (χ2n) is 8.21. The Morgan fingerprint density at radius 2 is 1.90 bits per heavy atom. The predicted octanol–water partition coefficient (Wildman–Crippen LogP) is 3.77. The van der Waals surface area contributed by atoms with Gasteiger partial charge in [0.15, 0.2) is 5.76 Å². The lowest BCUT2D eigenvalue weighted by Crippen LogP contribution is -2.50. The molecule has 3 aromatic rings. The van der Waals surface area contributed by atoms with Crippen LogP contribution in [0.25, 0.3) is 0 Å². The molecule has 29 heavy (non-hydrogen) atoms. The van der Waals surface area contributed by atoms with Gasteiger partial charge in [0.05, 0.1) is 12.0 Å². The van der Waals surface area contributed by atoms with Crippen LogP contribution < -0.4 is 5.32 Å². The number of aromatic nitrogens is 1. The molecule has 4 rings (SSSR count). The summed E-state index contributed by atoms with van der Waals surface area (Å²) in [6, 6.07) is 12.1. The summed E-state index contributed by atoms with van der Waals surface area (Å²) in [5, 5.41) is 6.80. The van der Waals surface area contributed by atoms with Crippen molar-refractivity contribution in [2.45, 2.75) is 45.2 Å². The van der Waals surface area contributed by atoms with Gasteiger partial charge in [-0.25, -0.2) is 0 Å². The highest BCUT2D eigenvalue weighted by Gasteiger charge is 2.36. The highest BCUT2D eigenvalue weighted by Crippen LogP contribution is 2.27. The Morgan fingerprint density at radius 3 is 2.55 bits per heavy atom. The van der Waals surface area contributed by atoms with E-state index in [1.165, 1.54) is 11.2 Å². The van der Waals surface area contributed by atoms with Crippen molar-refractivity contribution < 1.29 is 18.5 Å². The van der Waals surface area contributed by atoms with Gasteiger partial charge in [0.25, 0.3) is 5.91 Å². The van der Waals surface area contributed by atoms with Gasteiger partial charge in [-0.05, 0) is 23.3 Å². The van der Waals surface area contributed by atoms with Crippen molar-refractivity contribution >= 4 is 17.7 Å². The Balaban J connectivity index is 1.60. The molecule has 1 aliphatic rings. The van der Waals surface area contributed by atoms with Crippen LogP contribution in [-0.4, -0.2) is 27.9 Å². The maximum Gasteiger partial charge on any atom is 0.290 e. The number of rotatable bonds is 3. The zero-order valence-electron chi connectivity index (χ0n) is 16.6. The topological polar surface area (TPSA) is 88.6 Å². The zero-order chi connectivity index (χ0) is 20.6. The van der Waals surface area contributed by atoms with Crippen molar-refractivity contribution in [3.8, 4) is 0 Å². The van der Waals surface area contributed by atoms with Crippen LogP contribution in [0, 0.1) is 0 Å². The van der Waals surface area contributed by atoms with E-state index in [2.05, 4.69) is 10.5 Å². The maximum absolute atomic E-state index is 13.1. The number of hydrogen-bond acceptors (Lipinski definition) is 5. The number of anilines is 1. The van der Waals surface area contributed by atoms with Gasteiger partial charge in [0.2, 0.25) is 11.8 Å². The highest BCUT2D eigenvalue weighted by atomic mass is 16.5. The van der Waals surface area contributed by atoms with E-state index in [4.69, 9.17) is 8.94 Å². The summed E-state index contributed by atoms with van der Waals surface area (Å²) in [5.41, 5.74) is 2.61.